The average Bonchev–Trinajstić information content (AvgIpc) is 3.16. The number of aromatic carboxylic acids is 1. The lowest BCUT2D eigenvalue weighted by atomic mass is 10.1. The minimum atomic E-state index is -3.52. The third-order valence-corrected chi connectivity index (χ3v) is 5.65. The molecule has 0 saturated carbocycles. The number of hydrogen-bond donors (Lipinski definition) is 2. The standard InChI is InChI=1S/C20H17NO6S/c22-19(21-12-16-9-10-18(27-16)20(23)24)15-6-4-5-14(11-15)13-28(25,26)17-7-2-1-3-8-17/h1-11H,12-13H2,(H,21,22)(H,23,24). The lowest BCUT2D eigenvalue weighted by Gasteiger charge is -2.07. The molecule has 7 nitrogen and oxygen atoms in total. The Morgan fingerprint density at radius 3 is 2.39 bits per heavy atom. The summed E-state index contributed by atoms with van der Waals surface area (Å²) < 4.78 is 30.1. The van der Waals surface area contributed by atoms with Crippen LogP contribution >= 0.6 is 0 Å². The molecule has 0 unspecified atom stereocenters. The van der Waals surface area contributed by atoms with Gasteiger partial charge < -0.3 is 14.8 Å². The van der Waals surface area contributed by atoms with Gasteiger partial charge in [0.1, 0.15) is 5.76 Å². The Hall–Kier alpha value is -3.39. The van der Waals surface area contributed by atoms with Gasteiger partial charge in [0.2, 0.25) is 5.76 Å². The summed E-state index contributed by atoms with van der Waals surface area (Å²) in [5.41, 5.74) is 0.786. The zero-order valence-electron chi connectivity index (χ0n) is 14.7. The number of nitrogens with one attached hydrogen (secondary N) is 1. The summed E-state index contributed by atoms with van der Waals surface area (Å²) in [5, 5.41) is 11.4. The normalized spacial score (nSPS) is 11.1. The zero-order chi connectivity index (χ0) is 20.1. The fourth-order valence-corrected chi connectivity index (χ4v) is 3.95. The van der Waals surface area contributed by atoms with Crippen molar-refractivity contribution < 1.29 is 27.5 Å². The number of hydrogen-bond acceptors (Lipinski definition) is 5. The maximum Gasteiger partial charge on any atom is 0.371 e. The number of carbonyl (C=O) groups excluding carboxylic acids is 1. The van der Waals surface area contributed by atoms with Crippen LogP contribution in [0.1, 0.15) is 32.2 Å². The molecule has 3 rings (SSSR count). The van der Waals surface area contributed by atoms with Crippen molar-refractivity contribution in [3.8, 4) is 0 Å². The van der Waals surface area contributed by atoms with Crippen molar-refractivity contribution in [2.45, 2.75) is 17.2 Å². The Bertz CT molecular complexity index is 1100. The molecule has 3 aromatic rings. The van der Waals surface area contributed by atoms with E-state index in [1.807, 2.05) is 0 Å². The molecule has 0 bridgehead atoms. The number of sulfone groups is 1. The van der Waals surface area contributed by atoms with Gasteiger partial charge in [-0.25, -0.2) is 13.2 Å². The van der Waals surface area contributed by atoms with Gasteiger partial charge in [0.15, 0.2) is 9.84 Å². The van der Waals surface area contributed by atoms with Crippen LogP contribution < -0.4 is 5.32 Å². The molecule has 0 aliphatic rings. The van der Waals surface area contributed by atoms with Crippen LogP contribution in [-0.2, 0) is 22.1 Å². The zero-order valence-corrected chi connectivity index (χ0v) is 15.5. The summed E-state index contributed by atoms with van der Waals surface area (Å²) >= 11 is 0. The van der Waals surface area contributed by atoms with Crippen LogP contribution in [0.4, 0.5) is 0 Å². The van der Waals surface area contributed by atoms with E-state index in [1.165, 1.54) is 30.3 Å². The first-order valence-corrected chi connectivity index (χ1v) is 9.97. The van der Waals surface area contributed by atoms with Crippen LogP contribution in [0, 0.1) is 0 Å². The monoisotopic (exact) mass is 399 g/mol. The van der Waals surface area contributed by atoms with E-state index in [4.69, 9.17) is 9.52 Å². The maximum atomic E-state index is 12.5. The van der Waals surface area contributed by atoms with Crippen LogP contribution in [0.3, 0.4) is 0 Å². The van der Waals surface area contributed by atoms with Crippen LogP contribution in [0.25, 0.3) is 0 Å². The summed E-state index contributed by atoms with van der Waals surface area (Å²) in [5.74, 6) is -1.75. The van der Waals surface area contributed by atoms with Gasteiger partial charge in [-0.3, -0.25) is 4.79 Å². The number of rotatable bonds is 7. The van der Waals surface area contributed by atoms with E-state index in [1.54, 1.807) is 36.4 Å². The molecule has 0 aliphatic carbocycles. The van der Waals surface area contributed by atoms with Gasteiger partial charge in [-0.2, -0.15) is 0 Å². The van der Waals surface area contributed by atoms with Crippen LogP contribution in [0.15, 0.2) is 76.0 Å². The molecule has 0 aliphatic heterocycles. The van der Waals surface area contributed by atoms with Gasteiger partial charge in [-0.05, 0) is 42.0 Å². The number of carboxylic acid groups (broad SMARTS) is 1. The molecule has 2 N–H and O–H groups in total. The second-order valence-electron chi connectivity index (χ2n) is 6.03. The Labute approximate surface area is 161 Å². The van der Waals surface area contributed by atoms with E-state index in [0.29, 0.717) is 16.9 Å². The summed E-state index contributed by atoms with van der Waals surface area (Å²) in [6.07, 6.45) is 0. The summed E-state index contributed by atoms with van der Waals surface area (Å²) in [6, 6.07) is 17.2. The molecule has 0 fully saturated rings. The average molecular weight is 399 g/mol. The molecular weight excluding hydrogens is 382 g/mol. The predicted octanol–water partition coefficient (Wildman–Crippen LogP) is 2.88. The first kappa shape index (κ1) is 19.4. The largest absolute Gasteiger partial charge is 0.475 e. The minimum absolute atomic E-state index is 0.0126. The Balaban J connectivity index is 1.68. The molecule has 0 spiro atoms. The van der Waals surface area contributed by atoms with Gasteiger partial charge >= 0.3 is 5.97 Å². The predicted molar refractivity (Wildman–Crippen MR) is 101 cm³/mol. The van der Waals surface area contributed by atoms with Crippen molar-refractivity contribution in [2.24, 2.45) is 0 Å². The van der Waals surface area contributed by atoms with Gasteiger partial charge in [0.25, 0.3) is 5.91 Å². The molecule has 1 amide bonds. The van der Waals surface area contributed by atoms with Crippen molar-refractivity contribution in [2.75, 3.05) is 0 Å². The molecule has 8 heteroatoms. The van der Waals surface area contributed by atoms with Crippen molar-refractivity contribution in [1.82, 2.24) is 5.32 Å². The lowest BCUT2D eigenvalue weighted by Crippen LogP contribution is -2.22. The molecular formula is C20H17NO6S. The Morgan fingerprint density at radius 2 is 1.71 bits per heavy atom. The highest BCUT2D eigenvalue weighted by Gasteiger charge is 2.16. The summed E-state index contributed by atoms with van der Waals surface area (Å²) in [6.45, 7) is 0.0126. The van der Waals surface area contributed by atoms with Gasteiger partial charge in [0, 0.05) is 5.56 Å². The molecule has 1 heterocycles. The van der Waals surface area contributed by atoms with E-state index < -0.39 is 21.7 Å². The molecule has 0 atom stereocenters. The van der Waals surface area contributed by atoms with E-state index >= 15 is 0 Å². The lowest BCUT2D eigenvalue weighted by molar-refractivity contribution is 0.0660. The smallest absolute Gasteiger partial charge is 0.371 e. The molecule has 144 valence electrons. The molecule has 2 aromatic carbocycles. The molecule has 0 saturated heterocycles. The second-order valence-corrected chi connectivity index (χ2v) is 8.02. The van der Waals surface area contributed by atoms with Crippen molar-refractivity contribution >= 4 is 21.7 Å². The van der Waals surface area contributed by atoms with E-state index in [0.717, 1.165) is 0 Å². The van der Waals surface area contributed by atoms with E-state index in [-0.39, 0.29) is 23.0 Å². The van der Waals surface area contributed by atoms with Crippen molar-refractivity contribution in [3.63, 3.8) is 0 Å². The first-order chi connectivity index (χ1) is 13.3. The molecule has 0 radical (unpaired) electrons. The SMILES string of the molecule is O=C(NCc1ccc(C(=O)O)o1)c1cccc(CS(=O)(=O)c2ccccc2)c1. The maximum absolute atomic E-state index is 12.5. The number of amides is 1. The van der Waals surface area contributed by atoms with Gasteiger partial charge in [0.05, 0.1) is 17.2 Å². The molecule has 28 heavy (non-hydrogen) atoms. The third-order valence-electron chi connectivity index (χ3n) is 3.94. The highest BCUT2D eigenvalue weighted by atomic mass is 32.2. The topological polar surface area (TPSA) is 114 Å². The number of carboxylic acids is 1. The summed E-state index contributed by atoms with van der Waals surface area (Å²) in [4.78, 5) is 23.3. The fourth-order valence-electron chi connectivity index (χ4n) is 2.59. The minimum Gasteiger partial charge on any atom is -0.475 e. The second kappa shape index (κ2) is 8.10. The summed E-state index contributed by atoms with van der Waals surface area (Å²) in [7, 11) is -3.52. The number of furan rings is 1. The highest BCUT2D eigenvalue weighted by Crippen LogP contribution is 2.17. The van der Waals surface area contributed by atoms with Crippen LogP contribution in [-0.4, -0.2) is 25.4 Å². The van der Waals surface area contributed by atoms with Gasteiger partial charge in [-0.1, -0.05) is 30.3 Å². The van der Waals surface area contributed by atoms with Crippen molar-refractivity contribution in [1.29, 1.82) is 0 Å². The quantitative estimate of drug-likeness (QED) is 0.631. The van der Waals surface area contributed by atoms with Crippen LogP contribution in [0.2, 0.25) is 0 Å². The fraction of sp³-hybridized carbons (Fsp3) is 0.100. The third kappa shape index (κ3) is 4.66. The Kier molecular flexibility index (Phi) is 5.60. The molecule has 1 aromatic heterocycles. The first-order valence-electron chi connectivity index (χ1n) is 8.32. The number of benzene rings is 2. The Morgan fingerprint density at radius 1 is 0.964 bits per heavy atom. The van der Waals surface area contributed by atoms with E-state index in [9.17, 15) is 18.0 Å². The van der Waals surface area contributed by atoms with E-state index in [2.05, 4.69) is 5.32 Å². The van der Waals surface area contributed by atoms with Gasteiger partial charge in [-0.15, -0.1) is 0 Å². The van der Waals surface area contributed by atoms with Crippen LogP contribution in [0.5, 0.6) is 0 Å². The van der Waals surface area contributed by atoms with Crippen molar-refractivity contribution in [3.05, 3.63) is 89.4 Å². The highest BCUT2D eigenvalue weighted by molar-refractivity contribution is 7.90. The number of carbonyl (C=O) groups is 2.